The molecule has 1 saturated carbocycles. The molecule has 0 aliphatic heterocycles. The standard InChI is InChI=1S/C28H29FN2O3/c1-2-33-28(32)31-24-9-10-25-21(16-24)14-19-12-13-34-27(19)26(25)11-8-23-7-6-20(17-30-23)18-4-3-5-22(29)15-18/h3-8,11-13,15,17,21,24-26H,2,9-10,14,16H2,1H3,(H,31,32)/t21-,24-,25-,26+/m1/s1. The van der Waals surface area contributed by atoms with E-state index >= 15 is 0 Å². The molecule has 0 bridgehead atoms. The number of allylic oxidation sites excluding steroid dienone is 1. The van der Waals surface area contributed by atoms with Crippen molar-refractivity contribution in [3.63, 3.8) is 0 Å². The highest BCUT2D eigenvalue weighted by Gasteiger charge is 2.41. The van der Waals surface area contributed by atoms with E-state index in [1.807, 2.05) is 25.1 Å². The fourth-order valence-electron chi connectivity index (χ4n) is 5.53. The molecule has 176 valence electrons. The Labute approximate surface area is 199 Å². The molecule has 34 heavy (non-hydrogen) atoms. The van der Waals surface area contributed by atoms with Crippen molar-refractivity contribution in [3.05, 3.63) is 83.8 Å². The number of carbonyl (C=O) groups is 1. The van der Waals surface area contributed by atoms with Gasteiger partial charge in [0.2, 0.25) is 0 Å². The van der Waals surface area contributed by atoms with Crippen LogP contribution < -0.4 is 5.32 Å². The van der Waals surface area contributed by atoms with Gasteiger partial charge in [0.05, 0.1) is 18.6 Å². The quantitative estimate of drug-likeness (QED) is 0.481. The highest BCUT2D eigenvalue weighted by molar-refractivity contribution is 5.67. The molecule has 1 fully saturated rings. The van der Waals surface area contributed by atoms with E-state index in [0.29, 0.717) is 18.4 Å². The number of carbonyl (C=O) groups excluding carboxylic acids is 1. The summed E-state index contributed by atoms with van der Waals surface area (Å²) in [6.45, 7) is 2.20. The summed E-state index contributed by atoms with van der Waals surface area (Å²) in [6.07, 6.45) is 11.4. The first-order chi connectivity index (χ1) is 16.6. The van der Waals surface area contributed by atoms with E-state index in [9.17, 15) is 9.18 Å². The lowest BCUT2D eigenvalue weighted by Crippen LogP contribution is -2.43. The van der Waals surface area contributed by atoms with Gasteiger partial charge < -0.3 is 14.5 Å². The van der Waals surface area contributed by atoms with Crippen LogP contribution in [0, 0.1) is 17.7 Å². The van der Waals surface area contributed by atoms with Crippen LogP contribution >= 0.6 is 0 Å². The van der Waals surface area contributed by atoms with Crippen LogP contribution in [0.4, 0.5) is 9.18 Å². The van der Waals surface area contributed by atoms with Crippen LogP contribution in [-0.4, -0.2) is 23.7 Å². The van der Waals surface area contributed by atoms with Crippen molar-refractivity contribution < 1.29 is 18.3 Å². The van der Waals surface area contributed by atoms with Crippen molar-refractivity contribution in [3.8, 4) is 11.1 Å². The monoisotopic (exact) mass is 460 g/mol. The Hall–Kier alpha value is -3.41. The maximum atomic E-state index is 13.5. The number of pyridine rings is 1. The van der Waals surface area contributed by atoms with Gasteiger partial charge in [-0.2, -0.15) is 0 Å². The number of nitrogens with zero attached hydrogens (tertiary/aromatic N) is 1. The molecular formula is C28H29FN2O3. The number of nitrogens with one attached hydrogen (secondary N) is 1. The third-order valence-electron chi connectivity index (χ3n) is 7.08. The van der Waals surface area contributed by atoms with Crippen LogP contribution in [-0.2, 0) is 11.2 Å². The molecule has 3 aromatic rings. The van der Waals surface area contributed by atoms with Gasteiger partial charge in [0.1, 0.15) is 11.6 Å². The molecule has 1 amide bonds. The molecule has 5 nitrogen and oxygen atoms in total. The number of alkyl carbamates (subject to hydrolysis) is 1. The Kier molecular flexibility index (Phi) is 6.48. The molecule has 5 rings (SSSR count). The summed E-state index contributed by atoms with van der Waals surface area (Å²) in [4.78, 5) is 16.5. The molecule has 0 saturated heterocycles. The zero-order valence-corrected chi connectivity index (χ0v) is 19.2. The maximum absolute atomic E-state index is 13.5. The molecule has 6 heteroatoms. The second-order valence-electron chi connectivity index (χ2n) is 9.18. The predicted octanol–water partition coefficient (Wildman–Crippen LogP) is 6.36. The third kappa shape index (κ3) is 4.76. The first-order valence-corrected chi connectivity index (χ1v) is 12.0. The van der Waals surface area contributed by atoms with Gasteiger partial charge in [0.15, 0.2) is 0 Å². The van der Waals surface area contributed by atoms with E-state index in [1.54, 1.807) is 18.5 Å². The lowest BCUT2D eigenvalue weighted by Gasteiger charge is -2.42. The Morgan fingerprint density at radius 3 is 2.94 bits per heavy atom. The van der Waals surface area contributed by atoms with Crippen LogP contribution in [0.25, 0.3) is 17.2 Å². The predicted molar refractivity (Wildman–Crippen MR) is 129 cm³/mol. The smallest absolute Gasteiger partial charge is 0.407 e. The summed E-state index contributed by atoms with van der Waals surface area (Å²) >= 11 is 0. The normalized spacial score (nSPS) is 23.8. The van der Waals surface area contributed by atoms with Crippen molar-refractivity contribution in [2.75, 3.05) is 6.61 Å². The van der Waals surface area contributed by atoms with Crippen LogP contribution in [0.3, 0.4) is 0 Å². The van der Waals surface area contributed by atoms with Crippen molar-refractivity contribution in [1.82, 2.24) is 10.3 Å². The minimum absolute atomic E-state index is 0.149. The van der Waals surface area contributed by atoms with Crippen molar-refractivity contribution in [1.29, 1.82) is 0 Å². The van der Waals surface area contributed by atoms with E-state index in [1.165, 1.54) is 17.7 Å². The van der Waals surface area contributed by atoms with Gasteiger partial charge in [-0.15, -0.1) is 0 Å². The number of rotatable bonds is 5. The van der Waals surface area contributed by atoms with Gasteiger partial charge in [0, 0.05) is 23.7 Å². The zero-order valence-electron chi connectivity index (χ0n) is 19.2. The number of benzene rings is 1. The summed E-state index contributed by atoms with van der Waals surface area (Å²) < 4.78 is 24.5. The number of hydrogen-bond donors (Lipinski definition) is 1. The molecular weight excluding hydrogens is 431 g/mol. The number of amides is 1. The Bertz CT molecular complexity index is 1170. The van der Waals surface area contributed by atoms with E-state index in [-0.39, 0.29) is 23.9 Å². The number of furan rings is 1. The van der Waals surface area contributed by atoms with Crippen molar-refractivity contribution >= 4 is 12.2 Å². The SMILES string of the molecule is CCOC(=O)N[C@@H]1CC[C@@H]2[C@H](Cc3ccoc3[C@H]2C=Cc2ccc(-c3cccc(F)c3)cn2)C1. The second-order valence-corrected chi connectivity index (χ2v) is 9.18. The topological polar surface area (TPSA) is 64.4 Å². The summed E-state index contributed by atoms with van der Waals surface area (Å²) in [6, 6.07) is 12.7. The summed E-state index contributed by atoms with van der Waals surface area (Å²) in [5.74, 6) is 1.91. The Morgan fingerprint density at radius 1 is 1.24 bits per heavy atom. The molecule has 0 unspecified atom stereocenters. The molecule has 0 radical (unpaired) electrons. The van der Waals surface area contributed by atoms with Crippen LogP contribution in [0.15, 0.2) is 65.4 Å². The molecule has 2 heterocycles. The summed E-state index contributed by atoms with van der Waals surface area (Å²) in [7, 11) is 0. The van der Waals surface area contributed by atoms with E-state index in [4.69, 9.17) is 9.15 Å². The first-order valence-electron chi connectivity index (χ1n) is 12.0. The summed E-state index contributed by atoms with van der Waals surface area (Å²) in [5.41, 5.74) is 3.80. The fourth-order valence-corrected chi connectivity index (χ4v) is 5.53. The highest BCUT2D eigenvalue weighted by Crippen LogP contribution is 2.48. The first kappa shape index (κ1) is 22.4. The number of hydrogen-bond acceptors (Lipinski definition) is 4. The maximum Gasteiger partial charge on any atom is 0.407 e. The number of aromatic nitrogens is 1. The average Bonchev–Trinajstić information content (AvgIpc) is 3.30. The molecule has 1 aromatic carbocycles. The van der Waals surface area contributed by atoms with Crippen LogP contribution in [0.2, 0.25) is 0 Å². The van der Waals surface area contributed by atoms with Gasteiger partial charge in [-0.3, -0.25) is 4.98 Å². The molecule has 0 spiro atoms. The minimum Gasteiger partial charge on any atom is -0.468 e. The van der Waals surface area contributed by atoms with Crippen LogP contribution in [0.5, 0.6) is 0 Å². The number of halogens is 1. The number of fused-ring (bicyclic) bond motifs is 2. The number of ether oxygens (including phenoxy) is 1. The summed E-state index contributed by atoms with van der Waals surface area (Å²) in [5, 5.41) is 3.03. The van der Waals surface area contributed by atoms with Crippen molar-refractivity contribution in [2.45, 2.75) is 44.6 Å². The lowest BCUT2D eigenvalue weighted by atomic mass is 9.64. The van der Waals surface area contributed by atoms with Gasteiger partial charge in [-0.1, -0.05) is 24.3 Å². The molecule has 2 aliphatic carbocycles. The molecule has 2 aromatic heterocycles. The molecule has 4 atom stereocenters. The largest absolute Gasteiger partial charge is 0.468 e. The highest BCUT2D eigenvalue weighted by atomic mass is 19.1. The molecule has 2 aliphatic rings. The van der Waals surface area contributed by atoms with Gasteiger partial charge in [-0.25, -0.2) is 9.18 Å². The van der Waals surface area contributed by atoms with Gasteiger partial charge >= 0.3 is 6.09 Å². The van der Waals surface area contributed by atoms with Gasteiger partial charge in [-0.05, 0) is 85.9 Å². The average molecular weight is 461 g/mol. The molecule has 1 N–H and O–H groups in total. The van der Waals surface area contributed by atoms with Crippen molar-refractivity contribution in [2.24, 2.45) is 11.8 Å². The van der Waals surface area contributed by atoms with E-state index < -0.39 is 0 Å². The third-order valence-corrected chi connectivity index (χ3v) is 7.08. The Morgan fingerprint density at radius 2 is 2.15 bits per heavy atom. The Balaban J connectivity index is 1.32. The van der Waals surface area contributed by atoms with Gasteiger partial charge in [0.25, 0.3) is 0 Å². The second kappa shape index (κ2) is 9.84. The fraction of sp³-hybridized carbons (Fsp3) is 0.357. The van der Waals surface area contributed by atoms with Crippen LogP contribution in [0.1, 0.15) is 49.1 Å². The van der Waals surface area contributed by atoms with E-state index in [0.717, 1.165) is 48.3 Å². The minimum atomic E-state index is -0.324. The lowest BCUT2D eigenvalue weighted by molar-refractivity contribution is 0.126. The zero-order chi connectivity index (χ0) is 23.5. The van der Waals surface area contributed by atoms with E-state index in [2.05, 4.69) is 28.5 Å².